The average Bonchev–Trinajstić information content (AvgIpc) is 2.72. The number of halogens is 1. The topological polar surface area (TPSA) is 112 Å². The van der Waals surface area contributed by atoms with Crippen LogP contribution in [-0.4, -0.2) is 41.3 Å². The Bertz CT molecular complexity index is 1080. The van der Waals surface area contributed by atoms with E-state index in [1.807, 2.05) is 31.7 Å². The van der Waals surface area contributed by atoms with Crippen LogP contribution in [0.25, 0.3) is 0 Å². The Morgan fingerprint density at radius 1 is 1.19 bits per heavy atom. The molecule has 0 unspecified atom stereocenters. The van der Waals surface area contributed by atoms with Crippen LogP contribution >= 0.6 is 11.6 Å². The quantitative estimate of drug-likeness (QED) is 0.694. The Morgan fingerprint density at radius 3 is 2.48 bits per heavy atom. The van der Waals surface area contributed by atoms with Crippen LogP contribution in [0, 0.1) is 13.8 Å². The number of nitrogens with two attached hydrogens (primary N) is 1. The van der Waals surface area contributed by atoms with E-state index in [1.54, 1.807) is 6.07 Å². The first-order valence-corrected chi connectivity index (χ1v) is 10.6. The van der Waals surface area contributed by atoms with Gasteiger partial charge in [-0.1, -0.05) is 24.6 Å². The summed E-state index contributed by atoms with van der Waals surface area (Å²) >= 11 is 6.27. The molecular weight excluding hydrogens is 422 g/mol. The van der Waals surface area contributed by atoms with Gasteiger partial charge in [0, 0.05) is 19.6 Å². The van der Waals surface area contributed by atoms with Gasteiger partial charge in [0.2, 0.25) is 5.91 Å². The molecule has 1 aromatic carbocycles. The number of amides is 1. The number of nitrogens with one attached hydrogen (secondary N) is 1. The second kappa shape index (κ2) is 9.57. The molecule has 0 spiro atoms. The van der Waals surface area contributed by atoms with Gasteiger partial charge >= 0.3 is 5.69 Å². The molecule has 168 valence electrons. The molecule has 9 nitrogen and oxygen atoms in total. The fourth-order valence-electron chi connectivity index (χ4n) is 3.76. The standard InChI is InChI=1S/C21H28ClN5O4/c1-4-5-26-19(23)18(25-6-8-31-9-7-25)20(29)27(21(26)30)12-16(28)24-17-14(3)10-13(2)11-15(17)22/h10-11H,4-9,12,23H2,1-3H3,(H,24,28). The Morgan fingerprint density at radius 2 is 1.87 bits per heavy atom. The van der Waals surface area contributed by atoms with Crippen molar-refractivity contribution in [2.45, 2.75) is 40.3 Å². The van der Waals surface area contributed by atoms with Gasteiger partial charge in [-0.15, -0.1) is 0 Å². The second-order valence-corrected chi connectivity index (χ2v) is 8.05. The molecule has 1 saturated heterocycles. The highest BCUT2D eigenvalue weighted by molar-refractivity contribution is 6.34. The van der Waals surface area contributed by atoms with E-state index in [0.29, 0.717) is 50.0 Å². The number of aromatic nitrogens is 2. The fourth-order valence-corrected chi connectivity index (χ4v) is 4.13. The average molecular weight is 450 g/mol. The summed E-state index contributed by atoms with van der Waals surface area (Å²) in [6.07, 6.45) is 0.648. The van der Waals surface area contributed by atoms with E-state index in [-0.39, 0.29) is 11.5 Å². The molecule has 3 N–H and O–H groups in total. The van der Waals surface area contributed by atoms with Crippen molar-refractivity contribution < 1.29 is 9.53 Å². The van der Waals surface area contributed by atoms with E-state index >= 15 is 0 Å². The highest BCUT2D eigenvalue weighted by Crippen LogP contribution is 2.27. The van der Waals surface area contributed by atoms with Crippen molar-refractivity contribution in [3.63, 3.8) is 0 Å². The van der Waals surface area contributed by atoms with Gasteiger partial charge in [-0.05, 0) is 37.5 Å². The maximum absolute atomic E-state index is 13.2. The predicted molar refractivity (Wildman–Crippen MR) is 122 cm³/mol. The molecule has 0 aliphatic carbocycles. The van der Waals surface area contributed by atoms with E-state index in [4.69, 9.17) is 22.1 Å². The molecule has 10 heteroatoms. The monoisotopic (exact) mass is 449 g/mol. The number of carbonyl (C=O) groups is 1. The van der Waals surface area contributed by atoms with Gasteiger partial charge in [0.1, 0.15) is 18.1 Å². The van der Waals surface area contributed by atoms with E-state index in [2.05, 4.69) is 5.32 Å². The van der Waals surface area contributed by atoms with Gasteiger partial charge in [-0.3, -0.25) is 14.2 Å². The Balaban J connectivity index is 2.00. The van der Waals surface area contributed by atoms with Crippen LogP contribution in [0.2, 0.25) is 5.02 Å². The van der Waals surface area contributed by atoms with Crippen LogP contribution in [0.3, 0.4) is 0 Å². The summed E-state index contributed by atoms with van der Waals surface area (Å²) in [7, 11) is 0. The number of ether oxygens (including phenoxy) is 1. The summed E-state index contributed by atoms with van der Waals surface area (Å²) < 4.78 is 7.64. The fraction of sp³-hybridized carbons (Fsp3) is 0.476. The summed E-state index contributed by atoms with van der Waals surface area (Å²) in [5.41, 5.74) is 7.48. The predicted octanol–water partition coefficient (Wildman–Crippen LogP) is 1.75. The lowest BCUT2D eigenvalue weighted by Crippen LogP contribution is -2.48. The molecule has 0 atom stereocenters. The Labute approximate surface area is 185 Å². The van der Waals surface area contributed by atoms with Gasteiger partial charge in [0.25, 0.3) is 5.56 Å². The van der Waals surface area contributed by atoms with Gasteiger partial charge in [0.05, 0.1) is 23.9 Å². The summed E-state index contributed by atoms with van der Waals surface area (Å²) in [4.78, 5) is 40.8. The van der Waals surface area contributed by atoms with Crippen molar-refractivity contribution in [3.8, 4) is 0 Å². The third-order valence-electron chi connectivity index (χ3n) is 5.22. The number of carbonyl (C=O) groups excluding carboxylic acids is 1. The minimum atomic E-state index is -0.608. The van der Waals surface area contributed by atoms with Crippen LogP contribution in [0.5, 0.6) is 0 Å². The Kier molecular flexibility index (Phi) is 7.07. The minimum absolute atomic E-state index is 0.118. The van der Waals surface area contributed by atoms with Crippen LogP contribution in [0.15, 0.2) is 21.7 Å². The molecule has 1 aromatic heterocycles. The smallest absolute Gasteiger partial charge is 0.333 e. The van der Waals surface area contributed by atoms with Crippen LogP contribution < -0.4 is 27.2 Å². The van der Waals surface area contributed by atoms with Crippen molar-refractivity contribution >= 4 is 34.7 Å². The van der Waals surface area contributed by atoms with Gasteiger partial charge in [0.15, 0.2) is 0 Å². The third-order valence-corrected chi connectivity index (χ3v) is 5.51. The molecule has 0 saturated carbocycles. The maximum Gasteiger partial charge on any atom is 0.333 e. The molecule has 1 fully saturated rings. The first kappa shape index (κ1) is 22.9. The summed E-state index contributed by atoms with van der Waals surface area (Å²) in [5.74, 6) is -0.401. The van der Waals surface area contributed by atoms with E-state index in [1.165, 1.54) is 4.57 Å². The lowest BCUT2D eigenvalue weighted by molar-refractivity contribution is -0.116. The molecule has 1 aliphatic rings. The zero-order chi connectivity index (χ0) is 22.7. The first-order valence-electron chi connectivity index (χ1n) is 10.3. The first-order chi connectivity index (χ1) is 14.7. The van der Waals surface area contributed by atoms with E-state index in [0.717, 1.165) is 15.7 Å². The van der Waals surface area contributed by atoms with Crippen molar-refractivity contribution in [3.05, 3.63) is 49.1 Å². The number of anilines is 3. The minimum Gasteiger partial charge on any atom is -0.383 e. The van der Waals surface area contributed by atoms with E-state index < -0.39 is 23.7 Å². The third kappa shape index (κ3) is 4.77. The molecule has 1 amide bonds. The molecule has 0 radical (unpaired) electrons. The molecule has 31 heavy (non-hydrogen) atoms. The molecule has 3 rings (SSSR count). The number of morpholine rings is 1. The zero-order valence-electron chi connectivity index (χ0n) is 18.0. The maximum atomic E-state index is 13.2. The van der Waals surface area contributed by atoms with Gasteiger partial charge < -0.3 is 20.7 Å². The Hall–Kier alpha value is -2.78. The highest BCUT2D eigenvalue weighted by atomic mass is 35.5. The number of nitrogen functional groups attached to an aromatic ring is 1. The van der Waals surface area contributed by atoms with Crippen molar-refractivity contribution in [1.29, 1.82) is 0 Å². The summed E-state index contributed by atoms with van der Waals surface area (Å²) in [6.45, 7) is 7.41. The van der Waals surface area contributed by atoms with Crippen molar-refractivity contribution in [2.24, 2.45) is 0 Å². The van der Waals surface area contributed by atoms with Crippen molar-refractivity contribution in [1.82, 2.24) is 9.13 Å². The highest BCUT2D eigenvalue weighted by Gasteiger charge is 2.24. The number of benzene rings is 1. The lowest BCUT2D eigenvalue weighted by atomic mass is 10.1. The number of hydrogen-bond donors (Lipinski definition) is 2. The second-order valence-electron chi connectivity index (χ2n) is 7.65. The zero-order valence-corrected chi connectivity index (χ0v) is 18.8. The largest absolute Gasteiger partial charge is 0.383 e. The molecular formula is C21H28ClN5O4. The van der Waals surface area contributed by atoms with Gasteiger partial charge in [-0.2, -0.15) is 0 Å². The molecule has 1 aliphatic heterocycles. The van der Waals surface area contributed by atoms with Crippen LogP contribution in [0.1, 0.15) is 24.5 Å². The van der Waals surface area contributed by atoms with Crippen LogP contribution in [-0.2, 0) is 22.6 Å². The molecule has 2 heterocycles. The number of aryl methyl sites for hydroxylation is 2. The number of nitrogens with zero attached hydrogens (tertiary/aromatic N) is 3. The van der Waals surface area contributed by atoms with Crippen molar-refractivity contribution in [2.75, 3.05) is 42.3 Å². The van der Waals surface area contributed by atoms with E-state index in [9.17, 15) is 14.4 Å². The SMILES string of the molecule is CCCn1c(N)c(N2CCOCC2)c(=O)n(CC(=O)Nc2c(C)cc(C)cc2Cl)c1=O. The summed E-state index contributed by atoms with van der Waals surface area (Å²) in [5, 5.41) is 3.13. The van der Waals surface area contributed by atoms with Crippen LogP contribution in [0.4, 0.5) is 17.2 Å². The molecule has 0 bridgehead atoms. The number of hydrogen-bond acceptors (Lipinski definition) is 6. The lowest BCUT2D eigenvalue weighted by Gasteiger charge is -2.30. The van der Waals surface area contributed by atoms with Gasteiger partial charge in [-0.25, -0.2) is 9.36 Å². The molecule has 2 aromatic rings. The number of rotatable bonds is 6. The summed E-state index contributed by atoms with van der Waals surface area (Å²) in [6, 6.07) is 3.63. The normalized spacial score (nSPS) is 14.0.